The molecule has 4 heterocycles. The fourth-order valence-corrected chi connectivity index (χ4v) is 5.52. The molecule has 7 heteroatoms. The molecule has 1 amide bonds. The number of ether oxygens (including phenoxy) is 2. The second-order valence-electron chi connectivity index (χ2n) is 9.44. The number of hydrogen-bond donors (Lipinski definition) is 0. The molecule has 0 radical (unpaired) electrons. The number of fused-ring (bicyclic) bond motifs is 3. The summed E-state index contributed by atoms with van der Waals surface area (Å²) < 4.78 is 13.2. The van der Waals surface area contributed by atoms with Crippen molar-refractivity contribution in [3.63, 3.8) is 0 Å². The van der Waals surface area contributed by atoms with Crippen LogP contribution in [0.4, 0.5) is 0 Å². The second-order valence-corrected chi connectivity index (χ2v) is 9.44. The Morgan fingerprint density at radius 1 is 0.912 bits per heavy atom. The van der Waals surface area contributed by atoms with E-state index in [1.54, 1.807) is 18.2 Å². The van der Waals surface area contributed by atoms with Gasteiger partial charge in [0.15, 0.2) is 11.5 Å². The van der Waals surface area contributed by atoms with Crippen molar-refractivity contribution in [1.82, 2.24) is 14.5 Å². The number of carbonyl (C=O) groups excluding carboxylic acids is 1. The largest absolute Gasteiger partial charge is 0.486 e. The highest BCUT2D eigenvalue weighted by Gasteiger charge is 2.32. The standard InChI is InChI=1S/C27H29N3O4/c31-26(29-13-5-6-22(29)18-9-11-23-24(17-18)34-15-14-33-23)19-8-10-20-21(16-19)28-25-7-3-1-2-4-12-30(25)27(20)32/h8-11,16-17,22H,1-7,12-15H2/t22-/m1/s1. The highest BCUT2D eigenvalue weighted by Crippen LogP contribution is 2.38. The molecule has 0 N–H and O–H groups in total. The van der Waals surface area contributed by atoms with E-state index in [4.69, 9.17) is 14.5 Å². The third kappa shape index (κ3) is 3.73. The smallest absolute Gasteiger partial charge is 0.261 e. The van der Waals surface area contributed by atoms with Gasteiger partial charge in [0.1, 0.15) is 19.0 Å². The minimum absolute atomic E-state index is 0.00611. The Hall–Kier alpha value is -3.35. The Labute approximate surface area is 198 Å². The molecule has 0 bridgehead atoms. The molecular formula is C27H29N3O4. The lowest BCUT2D eigenvalue weighted by Gasteiger charge is -2.27. The lowest BCUT2D eigenvalue weighted by atomic mass is 10.0. The fraction of sp³-hybridized carbons (Fsp3) is 0.444. The summed E-state index contributed by atoms with van der Waals surface area (Å²) in [6, 6.07) is 11.3. The summed E-state index contributed by atoms with van der Waals surface area (Å²) >= 11 is 0. The number of aromatic nitrogens is 2. The van der Waals surface area contributed by atoms with E-state index in [-0.39, 0.29) is 17.5 Å². The van der Waals surface area contributed by atoms with Crippen molar-refractivity contribution in [1.29, 1.82) is 0 Å². The van der Waals surface area contributed by atoms with Gasteiger partial charge in [0, 0.05) is 25.1 Å². The number of rotatable bonds is 2. The van der Waals surface area contributed by atoms with Gasteiger partial charge in [-0.25, -0.2) is 4.98 Å². The number of benzene rings is 2. The van der Waals surface area contributed by atoms with E-state index in [2.05, 4.69) is 0 Å². The SMILES string of the molecule is O=C(c1ccc2c(=O)n3c(nc2c1)CCCCCC3)N1CCC[C@@H]1c1ccc2c(c1)OCCO2. The van der Waals surface area contributed by atoms with E-state index in [0.717, 1.165) is 68.0 Å². The Balaban J connectivity index is 1.32. The van der Waals surface area contributed by atoms with Crippen LogP contribution in [0.3, 0.4) is 0 Å². The summed E-state index contributed by atoms with van der Waals surface area (Å²) in [6.45, 7) is 2.53. The average molecular weight is 460 g/mol. The second kappa shape index (κ2) is 8.78. The van der Waals surface area contributed by atoms with Crippen LogP contribution < -0.4 is 15.0 Å². The van der Waals surface area contributed by atoms with Crippen LogP contribution in [-0.2, 0) is 13.0 Å². The first-order valence-corrected chi connectivity index (χ1v) is 12.4. The minimum Gasteiger partial charge on any atom is -0.486 e. The molecule has 1 atom stereocenters. The topological polar surface area (TPSA) is 73.7 Å². The Morgan fingerprint density at radius 2 is 1.76 bits per heavy atom. The summed E-state index contributed by atoms with van der Waals surface area (Å²) in [6.07, 6.45) is 7.04. The molecule has 1 saturated heterocycles. The van der Waals surface area contributed by atoms with Crippen LogP contribution in [0.15, 0.2) is 41.2 Å². The van der Waals surface area contributed by atoms with Gasteiger partial charge in [0.2, 0.25) is 0 Å². The molecule has 6 rings (SSSR count). The summed E-state index contributed by atoms with van der Waals surface area (Å²) in [7, 11) is 0. The number of nitrogens with zero attached hydrogens (tertiary/aromatic N) is 3. The van der Waals surface area contributed by atoms with Gasteiger partial charge in [-0.2, -0.15) is 0 Å². The van der Waals surface area contributed by atoms with Crippen molar-refractivity contribution >= 4 is 16.8 Å². The molecule has 7 nitrogen and oxygen atoms in total. The van der Waals surface area contributed by atoms with Gasteiger partial charge < -0.3 is 14.4 Å². The van der Waals surface area contributed by atoms with Gasteiger partial charge in [-0.15, -0.1) is 0 Å². The van der Waals surface area contributed by atoms with Crippen LogP contribution in [-0.4, -0.2) is 40.1 Å². The summed E-state index contributed by atoms with van der Waals surface area (Å²) in [4.78, 5) is 33.5. The Morgan fingerprint density at radius 3 is 2.68 bits per heavy atom. The number of hydrogen-bond acceptors (Lipinski definition) is 5. The predicted molar refractivity (Wildman–Crippen MR) is 129 cm³/mol. The normalized spacial score (nSPS) is 20.0. The van der Waals surface area contributed by atoms with Crippen molar-refractivity contribution in [2.24, 2.45) is 0 Å². The van der Waals surface area contributed by atoms with Gasteiger partial charge >= 0.3 is 0 Å². The lowest BCUT2D eigenvalue weighted by Crippen LogP contribution is -2.31. The van der Waals surface area contributed by atoms with Gasteiger partial charge in [-0.3, -0.25) is 14.2 Å². The van der Waals surface area contributed by atoms with E-state index < -0.39 is 0 Å². The number of likely N-dealkylation sites (tertiary alicyclic amines) is 1. The molecule has 34 heavy (non-hydrogen) atoms. The van der Waals surface area contributed by atoms with E-state index in [1.807, 2.05) is 27.7 Å². The molecule has 3 aliphatic heterocycles. The average Bonchev–Trinajstić information content (AvgIpc) is 3.34. The molecule has 2 aromatic carbocycles. The number of aryl methyl sites for hydroxylation is 1. The van der Waals surface area contributed by atoms with Crippen molar-refractivity contribution < 1.29 is 14.3 Å². The molecule has 0 aliphatic carbocycles. The maximum Gasteiger partial charge on any atom is 0.261 e. The maximum atomic E-state index is 13.6. The molecule has 0 spiro atoms. The summed E-state index contributed by atoms with van der Waals surface area (Å²) in [5.74, 6) is 2.33. The van der Waals surface area contributed by atoms with E-state index in [1.165, 1.54) is 6.42 Å². The van der Waals surface area contributed by atoms with Crippen LogP contribution in [0.1, 0.15) is 66.3 Å². The van der Waals surface area contributed by atoms with Gasteiger partial charge in [0.25, 0.3) is 11.5 Å². The first-order chi connectivity index (χ1) is 16.7. The van der Waals surface area contributed by atoms with E-state index in [9.17, 15) is 9.59 Å². The van der Waals surface area contributed by atoms with Gasteiger partial charge in [-0.05, 0) is 61.6 Å². The van der Waals surface area contributed by atoms with E-state index in [0.29, 0.717) is 36.2 Å². The molecule has 3 aliphatic rings. The van der Waals surface area contributed by atoms with Gasteiger partial charge in [-0.1, -0.05) is 18.9 Å². The molecule has 0 saturated carbocycles. The molecule has 176 valence electrons. The first-order valence-electron chi connectivity index (χ1n) is 12.4. The zero-order chi connectivity index (χ0) is 23.1. The minimum atomic E-state index is -0.0204. The maximum absolute atomic E-state index is 13.6. The molecule has 0 unspecified atom stereocenters. The van der Waals surface area contributed by atoms with Crippen molar-refractivity contribution in [2.75, 3.05) is 19.8 Å². The third-order valence-corrected chi connectivity index (χ3v) is 7.28. The molecule has 3 aromatic rings. The van der Waals surface area contributed by atoms with Crippen molar-refractivity contribution in [2.45, 2.75) is 57.5 Å². The van der Waals surface area contributed by atoms with Crippen LogP contribution in [0.5, 0.6) is 11.5 Å². The highest BCUT2D eigenvalue weighted by atomic mass is 16.6. The first kappa shape index (κ1) is 21.2. The Bertz CT molecular complexity index is 1320. The summed E-state index contributed by atoms with van der Waals surface area (Å²) in [5, 5.41) is 0.589. The van der Waals surface area contributed by atoms with Crippen LogP contribution in [0.2, 0.25) is 0 Å². The Kier molecular flexibility index (Phi) is 5.47. The monoisotopic (exact) mass is 459 g/mol. The van der Waals surface area contributed by atoms with Gasteiger partial charge in [0.05, 0.1) is 16.9 Å². The zero-order valence-corrected chi connectivity index (χ0v) is 19.3. The highest BCUT2D eigenvalue weighted by molar-refractivity contribution is 5.98. The predicted octanol–water partition coefficient (Wildman–Crippen LogP) is 4.26. The third-order valence-electron chi connectivity index (χ3n) is 7.28. The molecule has 1 aromatic heterocycles. The number of carbonyl (C=O) groups is 1. The lowest BCUT2D eigenvalue weighted by molar-refractivity contribution is 0.0735. The van der Waals surface area contributed by atoms with Crippen LogP contribution >= 0.6 is 0 Å². The summed E-state index contributed by atoms with van der Waals surface area (Å²) in [5.41, 5.74) is 2.28. The molecule has 1 fully saturated rings. The van der Waals surface area contributed by atoms with Crippen LogP contribution in [0, 0.1) is 0 Å². The fourth-order valence-electron chi connectivity index (χ4n) is 5.52. The zero-order valence-electron chi connectivity index (χ0n) is 19.3. The molecular weight excluding hydrogens is 430 g/mol. The van der Waals surface area contributed by atoms with Crippen molar-refractivity contribution in [3.8, 4) is 11.5 Å². The van der Waals surface area contributed by atoms with Crippen molar-refractivity contribution in [3.05, 3.63) is 63.7 Å². The number of amides is 1. The van der Waals surface area contributed by atoms with Crippen LogP contribution in [0.25, 0.3) is 10.9 Å². The van der Waals surface area contributed by atoms with E-state index >= 15 is 0 Å². The quantitative estimate of drug-likeness (QED) is 0.573.